The number of nitrogens with one attached hydrogen (secondary N) is 2. The lowest BCUT2D eigenvalue weighted by atomic mass is 10.3. The van der Waals surface area contributed by atoms with Crippen molar-refractivity contribution in [3.05, 3.63) is 28.3 Å². The van der Waals surface area contributed by atoms with Crippen LogP contribution < -0.4 is 5.32 Å². The van der Waals surface area contributed by atoms with E-state index in [1.54, 1.807) is 6.07 Å². The summed E-state index contributed by atoms with van der Waals surface area (Å²) in [6.45, 7) is 0. The molecule has 0 radical (unpaired) electrons. The average Bonchev–Trinajstić information content (AvgIpc) is 2.96. The minimum Gasteiger partial charge on any atom is -0.352 e. The lowest BCUT2D eigenvalue weighted by Crippen LogP contribution is -2.18. The zero-order chi connectivity index (χ0) is 12.5. The van der Waals surface area contributed by atoms with Crippen LogP contribution in [0.4, 0.5) is 11.6 Å². The Hall–Kier alpha value is -1.76. The van der Waals surface area contributed by atoms with Gasteiger partial charge in [0, 0.05) is 23.9 Å². The summed E-state index contributed by atoms with van der Waals surface area (Å²) in [4.78, 5) is 17.7. The number of thioether (sulfide) groups is 1. The summed E-state index contributed by atoms with van der Waals surface area (Å²) in [6.07, 6.45) is 1.13. The normalized spacial score (nSPS) is 19.2. The van der Waals surface area contributed by atoms with E-state index in [0.717, 1.165) is 17.7 Å². The molecule has 6 nitrogen and oxygen atoms in total. The molecule has 0 aliphatic carbocycles. The van der Waals surface area contributed by atoms with Crippen LogP contribution in [0.25, 0.3) is 11.0 Å². The number of hydrogen-bond donors (Lipinski definition) is 2. The van der Waals surface area contributed by atoms with E-state index in [4.69, 9.17) is 0 Å². The molecule has 0 amide bonds. The Balaban J connectivity index is 1.87. The first-order valence-corrected chi connectivity index (χ1v) is 6.86. The maximum atomic E-state index is 10.7. The minimum atomic E-state index is -0.402. The summed E-state index contributed by atoms with van der Waals surface area (Å²) in [7, 11) is 0. The molecule has 94 valence electrons. The zero-order valence-electron chi connectivity index (χ0n) is 9.55. The Bertz CT molecular complexity index is 592. The van der Waals surface area contributed by atoms with E-state index in [2.05, 4.69) is 15.3 Å². The fraction of sp³-hybridized carbons (Fsp3) is 0.364. The number of aromatic nitrogens is 2. The molecule has 1 saturated heterocycles. The molecule has 2 heterocycles. The van der Waals surface area contributed by atoms with Crippen molar-refractivity contribution in [2.24, 2.45) is 0 Å². The van der Waals surface area contributed by atoms with Crippen LogP contribution in [0.2, 0.25) is 0 Å². The maximum Gasteiger partial charge on any atom is 0.271 e. The average molecular weight is 264 g/mol. The van der Waals surface area contributed by atoms with E-state index in [0.29, 0.717) is 17.5 Å². The monoisotopic (exact) mass is 264 g/mol. The molecule has 18 heavy (non-hydrogen) atoms. The van der Waals surface area contributed by atoms with Crippen LogP contribution >= 0.6 is 11.8 Å². The van der Waals surface area contributed by atoms with Gasteiger partial charge < -0.3 is 10.3 Å². The van der Waals surface area contributed by atoms with Crippen LogP contribution in [0.15, 0.2) is 18.2 Å². The third-order valence-electron chi connectivity index (χ3n) is 2.95. The molecule has 1 aromatic carbocycles. The van der Waals surface area contributed by atoms with Crippen molar-refractivity contribution in [2.75, 3.05) is 16.8 Å². The maximum absolute atomic E-state index is 10.7. The molecule has 0 bridgehead atoms. The number of nitrogens with zero attached hydrogens (tertiary/aromatic N) is 2. The lowest BCUT2D eigenvalue weighted by molar-refractivity contribution is -0.384. The van der Waals surface area contributed by atoms with Gasteiger partial charge >= 0.3 is 0 Å². The lowest BCUT2D eigenvalue weighted by Gasteiger charge is -2.08. The second-order valence-electron chi connectivity index (χ2n) is 4.25. The number of rotatable bonds is 3. The second-order valence-corrected chi connectivity index (χ2v) is 5.40. The van der Waals surface area contributed by atoms with Crippen molar-refractivity contribution in [2.45, 2.75) is 12.5 Å². The van der Waals surface area contributed by atoms with Gasteiger partial charge in [0.05, 0.1) is 16.0 Å². The zero-order valence-corrected chi connectivity index (χ0v) is 10.4. The smallest absolute Gasteiger partial charge is 0.271 e. The summed E-state index contributed by atoms with van der Waals surface area (Å²) in [5.41, 5.74) is 1.51. The quantitative estimate of drug-likeness (QED) is 0.657. The molecular weight excluding hydrogens is 252 g/mol. The van der Waals surface area contributed by atoms with Gasteiger partial charge in [-0.1, -0.05) is 0 Å². The van der Waals surface area contributed by atoms with Gasteiger partial charge in [-0.25, -0.2) is 4.98 Å². The number of non-ortho nitro benzene ring substituents is 1. The Labute approximate surface area is 107 Å². The molecule has 7 heteroatoms. The highest BCUT2D eigenvalue weighted by Crippen LogP contribution is 2.23. The van der Waals surface area contributed by atoms with E-state index < -0.39 is 4.92 Å². The fourth-order valence-corrected chi connectivity index (χ4v) is 3.17. The van der Waals surface area contributed by atoms with Crippen molar-refractivity contribution < 1.29 is 4.92 Å². The van der Waals surface area contributed by atoms with Gasteiger partial charge in [0.2, 0.25) is 5.95 Å². The molecule has 1 aliphatic heterocycles. The van der Waals surface area contributed by atoms with Gasteiger partial charge in [0.15, 0.2) is 0 Å². The highest BCUT2D eigenvalue weighted by Gasteiger charge is 2.17. The van der Waals surface area contributed by atoms with Crippen LogP contribution in [0, 0.1) is 10.1 Å². The molecule has 2 aromatic rings. The largest absolute Gasteiger partial charge is 0.352 e. The van der Waals surface area contributed by atoms with Crippen molar-refractivity contribution in [3.63, 3.8) is 0 Å². The topological polar surface area (TPSA) is 83.8 Å². The standard InChI is InChI=1S/C11H12N4O2S/c16-15(17)8-1-2-9-10(5-8)14-11(13-9)12-7-3-4-18-6-7/h1-2,5,7H,3-4,6H2,(H2,12,13,14). The minimum absolute atomic E-state index is 0.0779. The Morgan fingerprint density at radius 3 is 3.17 bits per heavy atom. The van der Waals surface area contributed by atoms with Crippen molar-refractivity contribution >= 4 is 34.4 Å². The van der Waals surface area contributed by atoms with E-state index >= 15 is 0 Å². The van der Waals surface area contributed by atoms with Gasteiger partial charge in [0.25, 0.3) is 5.69 Å². The third kappa shape index (κ3) is 2.13. The van der Waals surface area contributed by atoms with Crippen LogP contribution in [0.5, 0.6) is 0 Å². The van der Waals surface area contributed by atoms with Gasteiger partial charge in [-0.15, -0.1) is 0 Å². The SMILES string of the molecule is O=[N+]([O-])c1ccc2nc(NC3CCSC3)[nH]c2c1. The highest BCUT2D eigenvalue weighted by atomic mass is 32.2. The number of aromatic amines is 1. The molecule has 1 aliphatic rings. The molecule has 0 spiro atoms. The molecule has 3 rings (SSSR count). The van der Waals surface area contributed by atoms with Crippen LogP contribution in [0.3, 0.4) is 0 Å². The third-order valence-corrected chi connectivity index (χ3v) is 4.11. The number of hydrogen-bond acceptors (Lipinski definition) is 5. The van der Waals surface area contributed by atoms with E-state index in [9.17, 15) is 10.1 Å². The Morgan fingerprint density at radius 2 is 2.44 bits per heavy atom. The number of benzene rings is 1. The number of fused-ring (bicyclic) bond motifs is 1. The second kappa shape index (κ2) is 4.49. The van der Waals surface area contributed by atoms with E-state index in [1.165, 1.54) is 17.9 Å². The molecule has 1 unspecified atom stereocenters. The molecule has 1 aromatic heterocycles. The first-order valence-electron chi connectivity index (χ1n) is 5.71. The van der Waals surface area contributed by atoms with Crippen molar-refractivity contribution in [1.29, 1.82) is 0 Å². The van der Waals surface area contributed by atoms with Crippen molar-refractivity contribution in [1.82, 2.24) is 9.97 Å². The van der Waals surface area contributed by atoms with Gasteiger partial charge in [0.1, 0.15) is 0 Å². The van der Waals surface area contributed by atoms with Crippen LogP contribution in [-0.2, 0) is 0 Å². The van der Waals surface area contributed by atoms with Crippen LogP contribution in [0.1, 0.15) is 6.42 Å². The summed E-state index contributed by atoms with van der Waals surface area (Å²) in [6, 6.07) is 5.08. The number of imidazole rings is 1. The Morgan fingerprint density at radius 1 is 1.56 bits per heavy atom. The summed E-state index contributed by atoms with van der Waals surface area (Å²) < 4.78 is 0. The molecule has 1 fully saturated rings. The predicted molar refractivity (Wildman–Crippen MR) is 72.1 cm³/mol. The van der Waals surface area contributed by atoms with E-state index in [1.807, 2.05) is 11.8 Å². The summed E-state index contributed by atoms with van der Waals surface area (Å²) >= 11 is 1.92. The number of nitro groups is 1. The number of anilines is 1. The van der Waals surface area contributed by atoms with Gasteiger partial charge in [-0.3, -0.25) is 10.1 Å². The first kappa shape index (κ1) is 11.3. The fourth-order valence-electron chi connectivity index (χ4n) is 2.02. The molecular formula is C11H12N4O2S. The van der Waals surface area contributed by atoms with Crippen molar-refractivity contribution in [3.8, 4) is 0 Å². The Kier molecular flexibility index (Phi) is 2.83. The molecule has 2 N–H and O–H groups in total. The summed E-state index contributed by atoms with van der Waals surface area (Å²) in [5, 5.41) is 14.0. The number of nitro benzene ring substituents is 1. The number of H-pyrrole nitrogens is 1. The van der Waals surface area contributed by atoms with Gasteiger partial charge in [-0.05, 0) is 18.2 Å². The van der Waals surface area contributed by atoms with E-state index in [-0.39, 0.29) is 5.69 Å². The first-order chi connectivity index (χ1) is 8.72. The molecule has 0 saturated carbocycles. The summed E-state index contributed by atoms with van der Waals surface area (Å²) in [5.74, 6) is 2.94. The predicted octanol–water partition coefficient (Wildman–Crippen LogP) is 2.39. The highest BCUT2D eigenvalue weighted by molar-refractivity contribution is 7.99. The molecule has 1 atom stereocenters. The van der Waals surface area contributed by atoms with Crippen LogP contribution in [-0.4, -0.2) is 32.4 Å². The van der Waals surface area contributed by atoms with Gasteiger partial charge in [-0.2, -0.15) is 11.8 Å².